The van der Waals surface area contributed by atoms with Gasteiger partial charge in [-0.05, 0) is 10.8 Å². The number of primary amides is 1. The smallest absolute Gasteiger partial charge is 0.303 e. The lowest BCUT2D eigenvalue weighted by atomic mass is 9.53. The predicted molar refractivity (Wildman–Crippen MR) is 62.8 cm³/mol. The van der Waals surface area contributed by atoms with Gasteiger partial charge in [-0.15, -0.1) is 0 Å². The van der Waals surface area contributed by atoms with Gasteiger partial charge in [-0.25, -0.2) is 0 Å². The lowest BCUT2D eigenvalue weighted by Gasteiger charge is -2.50. The first-order chi connectivity index (χ1) is 6.86. The highest BCUT2D eigenvalue weighted by atomic mass is 16.4. The molecule has 0 aliphatic rings. The summed E-state index contributed by atoms with van der Waals surface area (Å²) in [5.74, 6) is -1.27. The topological polar surface area (TPSA) is 80.4 Å². The summed E-state index contributed by atoms with van der Waals surface area (Å²) in [6.07, 6.45) is 0.0106. The van der Waals surface area contributed by atoms with E-state index in [2.05, 4.69) is 0 Å². The summed E-state index contributed by atoms with van der Waals surface area (Å²) >= 11 is 0. The molecule has 0 radical (unpaired) electrons. The minimum Gasteiger partial charge on any atom is -0.481 e. The minimum absolute atomic E-state index is 0.0106. The van der Waals surface area contributed by atoms with E-state index in [-0.39, 0.29) is 6.42 Å². The molecule has 0 rings (SSSR count). The van der Waals surface area contributed by atoms with Crippen LogP contribution in [0.15, 0.2) is 0 Å². The first-order valence-electron chi connectivity index (χ1n) is 5.38. The highest BCUT2D eigenvalue weighted by Crippen LogP contribution is 2.52. The van der Waals surface area contributed by atoms with Crippen molar-refractivity contribution in [1.82, 2.24) is 0 Å². The first-order valence-corrected chi connectivity index (χ1v) is 5.38. The average Bonchev–Trinajstić information content (AvgIpc) is 2.00. The number of aliphatic carboxylic acids is 1. The molecule has 0 atom stereocenters. The second-order valence-corrected chi connectivity index (χ2v) is 6.07. The fourth-order valence-corrected chi connectivity index (χ4v) is 1.75. The summed E-state index contributed by atoms with van der Waals surface area (Å²) in [7, 11) is 0. The molecule has 0 saturated carbocycles. The van der Waals surface area contributed by atoms with E-state index in [1.165, 1.54) is 0 Å². The molecule has 3 N–H and O–H groups in total. The second-order valence-electron chi connectivity index (χ2n) is 6.07. The van der Waals surface area contributed by atoms with E-state index >= 15 is 0 Å². The maximum Gasteiger partial charge on any atom is 0.303 e. The molecule has 0 heterocycles. The molecular formula is C12H23NO3. The van der Waals surface area contributed by atoms with E-state index in [0.717, 1.165) is 0 Å². The van der Waals surface area contributed by atoms with Crippen LogP contribution in [0.4, 0.5) is 0 Å². The molecule has 0 aliphatic carbocycles. The number of carboxylic acids is 1. The summed E-state index contributed by atoms with van der Waals surface area (Å²) < 4.78 is 0. The van der Waals surface area contributed by atoms with Gasteiger partial charge in [0.25, 0.3) is 0 Å². The summed E-state index contributed by atoms with van der Waals surface area (Å²) in [6, 6.07) is 0. The Hall–Kier alpha value is -1.06. The Morgan fingerprint density at radius 2 is 1.44 bits per heavy atom. The van der Waals surface area contributed by atoms with Gasteiger partial charge in [-0.2, -0.15) is 0 Å². The summed E-state index contributed by atoms with van der Waals surface area (Å²) in [6.45, 7) is 11.0. The molecule has 0 saturated heterocycles. The van der Waals surface area contributed by atoms with E-state index in [9.17, 15) is 9.59 Å². The normalized spacial score (nSPS) is 13.6. The van der Waals surface area contributed by atoms with E-state index in [1.807, 2.05) is 27.7 Å². The van der Waals surface area contributed by atoms with Crippen LogP contribution in [-0.2, 0) is 9.59 Å². The van der Waals surface area contributed by atoms with Gasteiger partial charge in [0.1, 0.15) is 0 Å². The molecule has 0 spiro atoms. The molecule has 0 bridgehead atoms. The van der Waals surface area contributed by atoms with Gasteiger partial charge in [-0.3, -0.25) is 9.59 Å². The van der Waals surface area contributed by atoms with Crippen molar-refractivity contribution in [3.05, 3.63) is 0 Å². The number of hydrogen-bond donors (Lipinski definition) is 2. The molecule has 16 heavy (non-hydrogen) atoms. The van der Waals surface area contributed by atoms with Crippen LogP contribution >= 0.6 is 0 Å². The monoisotopic (exact) mass is 229 g/mol. The number of rotatable bonds is 5. The maximum absolute atomic E-state index is 11.5. The van der Waals surface area contributed by atoms with Gasteiger partial charge in [0, 0.05) is 5.41 Å². The Labute approximate surface area is 97.2 Å². The molecule has 0 aromatic heterocycles. The maximum atomic E-state index is 11.5. The molecular weight excluding hydrogens is 206 g/mol. The van der Waals surface area contributed by atoms with E-state index in [4.69, 9.17) is 10.8 Å². The third-order valence-corrected chi connectivity index (χ3v) is 4.46. The fourth-order valence-electron chi connectivity index (χ4n) is 1.75. The molecule has 4 nitrogen and oxygen atoms in total. The number of nitrogens with two attached hydrogens (primary N) is 1. The van der Waals surface area contributed by atoms with Crippen LogP contribution in [0, 0.1) is 16.2 Å². The zero-order valence-electron chi connectivity index (χ0n) is 11.0. The van der Waals surface area contributed by atoms with Crippen LogP contribution < -0.4 is 5.73 Å². The van der Waals surface area contributed by atoms with E-state index in [1.54, 1.807) is 13.8 Å². The van der Waals surface area contributed by atoms with Gasteiger partial charge in [-0.1, -0.05) is 41.5 Å². The molecule has 94 valence electrons. The van der Waals surface area contributed by atoms with Crippen LogP contribution in [-0.4, -0.2) is 17.0 Å². The van der Waals surface area contributed by atoms with Gasteiger partial charge in [0.05, 0.1) is 6.42 Å². The van der Waals surface area contributed by atoms with Gasteiger partial charge in [0.15, 0.2) is 0 Å². The average molecular weight is 229 g/mol. The van der Waals surface area contributed by atoms with Crippen molar-refractivity contribution in [2.75, 3.05) is 0 Å². The number of carbonyl (C=O) groups is 2. The van der Waals surface area contributed by atoms with Crippen molar-refractivity contribution >= 4 is 11.9 Å². The number of carbonyl (C=O) groups excluding carboxylic acids is 1. The quantitative estimate of drug-likeness (QED) is 0.756. The minimum atomic E-state index is -0.863. The van der Waals surface area contributed by atoms with Crippen molar-refractivity contribution < 1.29 is 14.7 Å². The number of carboxylic acid groups (broad SMARTS) is 1. The summed E-state index contributed by atoms with van der Waals surface area (Å²) in [5, 5.41) is 8.90. The molecule has 1 amide bonds. The Balaban J connectivity index is 5.33. The van der Waals surface area contributed by atoms with Gasteiger partial charge >= 0.3 is 5.97 Å². The number of amides is 1. The van der Waals surface area contributed by atoms with Crippen LogP contribution in [0.5, 0.6) is 0 Å². The van der Waals surface area contributed by atoms with E-state index < -0.39 is 28.1 Å². The second kappa shape index (κ2) is 4.07. The molecule has 0 aromatic rings. The van der Waals surface area contributed by atoms with Crippen LogP contribution in [0.1, 0.15) is 48.0 Å². The van der Waals surface area contributed by atoms with Crippen molar-refractivity contribution in [3.63, 3.8) is 0 Å². The van der Waals surface area contributed by atoms with Crippen LogP contribution in [0.25, 0.3) is 0 Å². The SMILES string of the molecule is CC(C)(CC(=O)O)C(C)(C)C(C)(C)C(N)=O. The Kier molecular flexibility index (Phi) is 3.80. The molecule has 0 unspecified atom stereocenters. The van der Waals surface area contributed by atoms with Crippen molar-refractivity contribution in [1.29, 1.82) is 0 Å². The van der Waals surface area contributed by atoms with Crippen LogP contribution in [0.2, 0.25) is 0 Å². The molecule has 0 aromatic carbocycles. The van der Waals surface area contributed by atoms with Gasteiger partial charge in [0.2, 0.25) is 5.91 Å². The Morgan fingerprint density at radius 3 is 1.69 bits per heavy atom. The fraction of sp³-hybridized carbons (Fsp3) is 0.833. The molecule has 0 fully saturated rings. The van der Waals surface area contributed by atoms with Crippen molar-refractivity contribution in [2.45, 2.75) is 48.0 Å². The highest BCUT2D eigenvalue weighted by Gasteiger charge is 2.51. The zero-order chi connectivity index (χ0) is 13.4. The standard InChI is InChI=1S/C12H23NO3/c1-10(2,7-8(14)15)12(5,6)11(3,4)9(13)16/h7H2,1-6H3,(H2,13,16)(H,14,15). The van der Waals surface area contributed by atoms with E-state index in [0.29, 0.717) is 0 Å². The summed E-state index contributed by atoms with van der Waals surface area (Å²) in [4.78, 5) is 22.3. The van der Waals surface area contributed by atoms with Crippen molar-refractivity contribution in [3.8, 4) is 0 Å². The molecule has 4 heteroatoms. The highest BCUT2D eigenvalue weighted by molar-refractivity contribution is 5.81. The molecule has 0 aliphatic heterocycles. The van der Waals surface area contributed by atoms with Crippen LogP contribution in [0.3, 0.4) is 0 Å². The number of hydrogen-bond acceptors (Lipinski definition) is 2. The summed E-state index contributed by atoms with van der Waals surface area (Å²) in [5.41, 5.74) is 3.61. The third-order valence-electron chi connectivity index (χ3n) is 4.46. The van der Waals surface area contributed by atoms with Crippen molar-refractivity contribution in [2.24, 2.45) is 22.0 Å². The lowest BCUT2D eigenvalue weighted by Crippen LogP contribution is -2.51. The third kappa shape index (κ3) is 2.36. The lowest BCUT2D eigenvalue weighted by molar-refractivity contribution is -0.149. The Bertz CT molecular complexity index is 303. The zero-order valence-corrected chi connectivity index (χ0v) is 11.0. The largest absolute Gasteiger partial charge is 0.481 e. The van der Waals surface area contributed by atoms with Gasteiger partial charge < -0.3 is 10.8 Å². The Morgan fingerprint density at radius 1 is 1.06 bits per heavy atom. The first kappa shape index (κ1) is 14.9. The predicted octanol–water partition coefficient (Wildman–Crippen LogP) is 2.02.